The summed E-state index contributed by atoms with van der Waals surface area (Å²) in [4.78, 5) is 16.0. The van der Waals surface area contributed by atoms with Gasteiger partial charge in [-0.05, 0) is 26.2 Å². The fourth-order valence-electron chi connectivity index (χ4n) is 2.13. The van der Waals surface area contributed by atoms with E-state index >= 15 is 0 Å². The molecule has 5 nitrogen and oxygen atoms in total. The van der Waals surface area contributed by atoms with Crippen LogP contribution >= 0.6 is 0 Å². The highest BCUT2D eigenvalue weighted by atomic mass is 16.5. The van der Waals surface area contributed by atoms with Gasteiger partial charge in [-0.15, -0.1) is 0 Å². The van der Waals surface area contributed by atoms with Crippen LogP contribution in [0.25, 0.3) is 0 Å². The molecular formula is C12H17N3O2. The van der Waals surface area contributed by atoms with Crippen molar-refractivity contribution in [3.63, 3.8) is 0 Å². The Morgan fingerprint density at radius 3 is 3.00 bits per heavy atom. The lowest BCUT2D eigenvalue weighted by atomic mass is 10.1. The van der Waals surface area contributed by atoms with Gasteiger partial charge in [0.05, 0.1) is 12.5 Å². The predicted molar refractivity (Wildman–Crippen MR) is 60.4 cm³/mol. The van der Waals surface area contributed by atoms with Crippen LogP contribution in [0.4, 0.5) is 0 Å². The smallest absolute Gasteiger partial charge is 0.309 e. The van der Waals surface area contributed by atoms with E-state index in [-0.39, 0.29) is 23.2 Å². The monoisotopic (exact) mass is 235 g/mol. The normalized spacial score (nSPS) is 28.8. The van der Waals surface area contributed by atoms with Crippen molar-refractivity contribution in [3.8, 4) is 0 Å². The fourth-order valence-corrected chi connectivity index (χ4v) is 2.13. The van der Waals surface area contributed by atoms with Crippen LogP contribution in [0.2, 0.25) is 0 Å². The zero-order valence-electron chi connectivity index (χ0n) is 10.2. The number of rotatable bonds is 4. The van der Waals surface area contributed by atoms with E-state index in [0.717, 1.165) is 30.9 Å². The first-order chi connectivity index (χ1) is 8.14. The summed E-state index contributed by atoms with van der Waals surface area (Å²) in [5.74, 6) is 1.83. The Kier molecular flexibility index (Phi) is 2.24. The van der Waals surface area contributed by atoms with Crippen molar-refractivity contribution in [2.75, 3.05) is 6.61 Å². The van der Waals surface area contributed by atoms with Crippen LogP contribution in [-0.2, 0) is 14.9 Å². The predicted octanol–water partition coefficient (Wildman–Crippen LogP) is 1.52. The standard InChI is InChI=1S/C12H17N3O2/c1-3-17-10(16)8-6-7(8)9-13-11(15-14-9)12(2)4-5-12/h7-8H,3-6H2,1-2H3,(H,13,14,15)/t7-,8+/m0/s1. The molecule has 0 spiro atoms. The van der Waals surface area contributed by atoms with E-state index in [1.54, 1.807) is 0 Å². The minimum Gasteiger partial charge on any atom is -0.466 e. The molecule has 92 valence electrons. The maximum absolute atomic E-state index is 11.5. The Bertz CT molecular complexity index is 450. The molecule has 0 amide bonds. The minimum absolute atomic E-state index is 0.0113. The van der Waals surface area contributed by atoms with Crippen molar-refractivity contribution in [1.82, 2.24) is 15.2 Å². The summed E-state index contributed by atoms with van der Waals surface area (Å²) in [6, 6.07) is 0. The number of H-pyrrole nitrogens is 1. The molecule has 0 unspecified atom stereocenters. The van der Waals surface area contributed by atoms with Gasteiger partial charge < -0.3 is 4.74 Å². The summed E-state index contributed by atoms with van der Waals surface area (Å²) in [5, 5.41) is 7.24. The van der Waals surface area contributed by atoms with E-state index in [9.17, 15) is 4.79 Å². The van der Waals surface area contributed by atoms with E-state index in [1.165, 1.54) is 0 Å². The van der Waals surface area contributed by atoms with E-state index in [1.807, 2.05) is 6.92 Å². The summed E-state index contributed by atoms with van der Waals surface area (Å²) in [5.41, 5.74) is 0.184. The van der Waals surface area contributed by atoms with Gasteiger partial charge in [0.15, 0.2) is 5.82 Å². The number of hydrogen-bond donors (Lipinski definition) is 1. The molecule has 2 aliphatic carbocycles. The number of esters is 1. The number of carbonyl (C=O) groups is 1. The zero-order chi connectivity index (χ0) is 12.0. The average molecular weight is 235 g/mol. The molecule has 5 heteroatoms. The Morgan fingerprint density at radius 1 is 1.59 bits per heavy atom. The summed E-state index contributed by atoms with van der Waals surface area (Å²) in [7, 11) is 0. The van der Waals surface area contributed by atoms with E-state index in [0.29, 0.717) is 6.61 Å². The van der Waals surface area contributed by atoms with Crippen LogP contribution in [0.5, 0.6) is 0 Å². The zero-order valence-corrected chi connectivity index (χ0v) is 10.2. The van der Waals surface area contributed by atoms with Crippen molar-refractivity contribution >= 4 is 5.97 Å². The molecule has 3 rings (SSSR count). The van der Waals surface area contributed by atoms with Gasteiger partial charge >= 0.3 is 5.97 Å². The third-order valence-electron chi connectivity index (χ3n) is 3.77. The van der Waals surface area contributed by atoms with Crippen LogP contribution < -0.4 is 0 Å². The van der Waals surface area contributed by atoms with Crippen molar-refractivity contribution in [1.29, 1.82) is 0 Å². The number of ether oxygens (including phenoxy) is 1. The van der Waals surface area contributed by atoms with Crippen molar-refractivity contribution < 1.29 is 9.53 Å². The van der Waals surface area contributed by atoms with Crippen LogP contribution in [-0.4, -0.2) is 27.8 Å². The Morgan fingerprint density at radius 2 is 2.35 bits per heavy atom. The molecular weight excluding hydrogens is 218 g/mol. The topological polar surface area (TPSA) is 67.9 Å². The van der Waals surface area contributed by atoms with Gasteiger partial charge in [0.1, 0.15) is 5.82 Å². The lowest BCUT2D eigenvalue weighted by molar-refractivity contribution is -0.144. The molecule has 2 atom stereocenters. The van der Waals surface area contributed by atoms with Crippen molar-refractivity contribution in [3.05, 3.63) is 11.6 Å². The van der Waals surface area contributed by atoms with E-state index in [4.69, 9.17) is 4.74 Å². The highest BCUT2D eigenvalue weighted by Gasteiger charge is 2.49. The van der Waals surface area contributed by atoms with E-state index in [2.05, 4.69) is 22.1 Å². The summed E-state index contributed by atoms with van der Waals surface area (Å²) < 4.78 is 5.00. The number of aromatic nitrogens is 3. The molecule has 2 fully saturated rings. The Labute approximate surface area is 100.0 Å². The first kappa shape index (κ1) is 10.7. The third kappa shape index (κ3) is 1.83. The van der Waals surface area contributed by atoms with Crippen LogP contribution in [0, 0.1) is 5.92 Å². The maximum Gasteiger partial charge on any atom is 0.309 e. The van der Waals surface area contributed by atoms with Crippen LogP contribution in [0.1, 0.15) is 50.7 Å². The molecule has 2 aliphatic rings. The van der Waals surface area contributed by atoms with Gasteiger partial charge in [0.2, 0.25) is 0 Å². The molecule has 0 aromatic carbocycles. The highest BCUT2D eigenvalue weighted by Crippen LogP contribution is 2.49. The second-order valence-corrected chi connectivity index (χ2v) is 5.31. The molecule has 1 aromatic rings. The summed E-state index contributed by atoms with van der Waals surface area (Å²) in [6.45, 7) is 4.45. The average Bonchev–Trinajstić information content (AvgIpc) is 3.20. The van der Waals surface area contributed by atoms with Gasteiger partial charge in [-0.2, -0.15) is 5.10 Å². The largest absolute Gasteiger partial charge is 0.466 e. The van der Waals surface area contributed by atoms with Gasteiger partial charge in [-0.3, -0.25) is 9.89 Å². The molecule has 1 N–H and O–H groups in total. The molecule has 0 radical (unpaired) electrons. The van der Waals surface area contributed by atoms with E-state index < -0.39 is 0 Å². The Hall–Kier alpha value is -1.39. The second kappa shape index (κ2) is 3.55. The van der Waals surface area contributed by atoms with Crippen molar-refractivity contribution in [2.45, 2.75) is 44.4 Å². The number of hydrogen-bond acceptors (Lipinski definition) is 4. The SMILES string of the molecule is CCOC(=O)[C@@H]1C[C@@H]1c1nc(C2(C)CC2)n[nH]1. The number of nitrogens with one attached hydrogen (secondary N) is 1. The summed E-state index contributed by atoms with van der Waals surface area (Å²) in [6.07, 6.45) is 3.16. The van der Waals surface area contributed by atoms with Gasteiger partial charge in [-0.25, -0.2) is 4.98 Å². The minimum atomic E-state index is -0.104. The number of nitrogens with zero attached hydrogens (tertiary/aromatic N) is 2. The maximum atomic E-state index is 11.5. The fraction of sp³-hybridized carbons (Fsp3) is 0.750. The van der Waals surface area contributed by atoms with Gasteiger partial charge in [0, 0.05) is 11.3 Å². The quantitative estimate of drug-likeness (QED) is 0.803. The lowest BCUT2D eigenvalue weighted by Crippen LogP contribution is -2.07. The molecule has 0 saturated heterocycles. The molecule has 0 aliphatic heterocycles. The Balaban J connectivity index is 1.67. The second-order valence-electron chi connectivity index (χ2n) is 5.31. The van der Waals surface area contributed by atoms with Gasteiger partial charge in [0.25, 0.3) is 0 Å². The van der Waals surface area contributed by atoms with Gasteiger partial charge in [-0.1, -0.05) is 6.92 Å². The first-order valence-corrected chi connectivity index (χ1v) is 6.23. The van der Waals surface area contributed by atoms with Crippen LogP contribution in [0.3, 0.4) is 0 Å². The molecule has 1 aromatic heterocycles. The molecule has 1 heterocycles. The first-order valence-electron chi connectivity index (χ1n) is 6.23. The molecule has 0 bridgehead atoms. The number of carbonyl (C=O) groups excluding carboxylic acids is 1. The molecule has 2 saturated carbocycles. The number of aromatic amines is 1. The van der Waals surface area contributed by atoms with Crippen molar-refractivity contribution in [2.24, 2.45) is 5.92 Å². The molecule has 17 heavy (non-hydrogen) atoms. The summed E-state index contributed by atoms with van der Waals surface area (Å²) >= 11 is 0. The third-order valence-corrected chi connectivity index (χ3v) is 3.77. The lowest BCUT2D eigenvalue weighted by Gasteiger charge is -1.99. The highest BCUT2D eigenvalue weighted by molar-refractivity contribution is 5.77. The van der Waals surface area contributed by atoms with Crippen LogP contribution in [0.15, 0.2) is 0 Å².